The lowest BCUT2D eigenvalue weighted by Gasteiger charge is -2.35. The second-order valence-corrected chi connectivity index (χ2v) is 9.38. The van der Waals surface area contributed by atoms with E-state index in [1.807, 2.05) is 14.2 Å². The van der Waals surface area contributed by atoms with Crippen molar-refractivity contribution in [3.05, 3.63) is 35.9 Å². The van der Waals surface area contributed by atoms with Crippen LogP contribution in [0, 0.1) is 0 Å². The van der Waals surface area contributed by atoms with Gasteiger partial charge < -0.3 is 8.85 Å². The largest absolute Gasteiger partial charge is 0.397 e. The fourth-order valence-corrected chi connectivity index (χ4v) is 7.32. The molecule has 3 heteroatoms. The van der Waals surface area contributed by atoms with Crippen molar-refractivity contribution in [2.45, 2.75) is 50.1 Å². The molecule has 1 aliphatic rings. The van der Waals surface area contributed by atoms with Crippen LogP contribution in [0.5, 0.6) is 0 Å². The average Bonchev–Trinajstić information content (AvgIpc) is 3.00. The maximum atomic E-state index is 5.98. The average molecular weight is 278 g/mol. The molecule has 1 fully saturated rings. The molecular formula is C16H26O2Si. The van der Waals surface area contributed by atoms with E-state index in [0.29, 0.717) is 11.5 Å². The molecule has 1 saturated carbocycles. The highest BCUT2D eigenvalue weighted by molar-refractivity contribution is 6.69. The van der Waals surface area contributed by atoms with Gasteiger partial charge in [-0.3, -0.25) is 0 Å². The predicted molar refractivity (Wildman–Crippen MR) is 81.7 cm³/mol. The van der Waals surface area contributed by atoms with Crippen molar-refractivity contribution in [2.75, 3.05) is 14.2 Å². The molecule has 0 heterocycles. The summed E-state index contributed by atoms with van der Waals surface area (Å²) in [4.78, 5) is 0. The van der Waals surface area contributed by atoms with Gasteiger partial charge in [0.2, 0.25) is 0 Å². The summed E-state index contributed by atoms with van der Waals surface area (Å²) in [6, 6.07) is 11.8. The summed E-state index contributed by atoms with van der Waals surface area (Å²) in [7, 11) is 1.65. The van der Waals surface area contributed by atoms with Gasteiger partial charge in [-0.25, -0.2) is 0 Å². The van der Waals surface area contributed by atoms with Gasteiger partial charge in [0.25, 0.3) is 0 Å². The van der Waals surface area contributed by atoms with E-state index in [1.165, 1.54) is 31.2 Å². The quantitative estimate of drug-likeness (QED) is 0.715. The first-order chi connectivity index (χ1) is 9.22. The fourth-order valence-electron chi connectivity index (χ4n) is 3.44. The van der Waals surface area contributed by atoms with Gasteiger partial charge in [-0.15, -0.1) is 0 Å². The van der Waals surface area contributed by atoms with E-state index in [-0.39, 0.29) is 0 Å². The highest BCUT2D eigenvalue weighted by atomic mass is 28.4. The van der Waals surface area contributed by atoms with Gasteiger partial charge >= 0.3 is 8.56 Å². The minimum absolute atomic E-state index is 0.508. The minimum atomic E-state index is -2.06. The molecule has 0 aliphatic heterocycles. The van der Waals surface area contributed by atoms with Gasteiger partial charge in [0.05, 0.1) is 0 Å². The fraction of sp³-hybridized carbons (Fsp3) is 0.625. The van der Waals surface area contributed by atoms with E-state index < -0.39 is 8.56 Å². The SMILES string of the molecule is CO[Si](CC(C)c1ccccc1)(OC)C1CCCC1. The summed E-state index contributed by atoms with van der Waals surface area (Å²) in [5.41, 5.74) is 2.07. The number of hydrogen-bond acceptors (Lipinski definition) is 2. The zero-order chi connectivity index (χ0) is 13.7. The van der Waals surface area contributed by atoms with E-state index in [0.717, 1.165) is 6.04 Å². The molecule has 0 aromatic heterocycles. The van der Waals surface area contributed by atoms with Crippen LogP contribution in [0.2, 0.25) is 11.6 Å². The number of benzene rings is 1. The Kier molecular flexibility index (Phi) is 5.19. The van der Waals surface area contributed by atoms with Crippen molar-refractivity contribution >= 4 is 8.56 Å². The van der Waals surface area contributed by atoms with Crippen molar-refractivity contribution < 1.29 is 8.85 Å². The molecule has 1 unspecified atom stereocenters. The Bertz CT molecular complexity index is 370. The van der Waals surface area contributed by atoms with Crippen molar-refractivity contribution in [2.24, 2.45) is 0 Å². The Hall–Kier alpha value is -0.643. The zero-order valence-corrected chi connectivity index (χ0v) is 13.4. The monoisotopic (exact) mass is 278 g/mol. The first-order valence-corrected chi connectivity index (χ1v) is 9.47. The van der Waals surface area contributed by atoms with E-state index >= 15 is 0 Å². The third kappa shape index (κ3) is 3.27. The number of rotatable bonds is 6. The maximum Gasteiger partial charge on any atom is 0.341 e. The molecule has 19 heavy (non-hydrogen) atoms. The second-order valence-electron chi connectivity index (χ2n) is 5.72. The molecule has 2 rings (SSSR count). The Morgan fingerprint density at radius 3 is 2.21 bits per heavy atom. The molecule has 0 radical (unpaired) electrons. The van der Waals surface area contributed by atoms with Crippen LogP contribution in [-0.4, -0.2) is 22.8 Å². The molecule has 1 aromatic carbocycles. The van der Waals surface area contributed by atoms with Gasteiger partial charge in [0.1, 0.15) is 0 Å². The van der Waals surface area contributed by atoms with E-state index in [1.54, 1.807) is 0 Å². The molecule has 106 valence electrons. The maximum absolute atomic E-state index is 5.98. The standard InChI is InChI=1S/C16H26O2Si/c1-14(15-9-5-4-6-10-15)13-19(17-2,18-3)16-11-7-8-12-16/h4-6,9-10,14,16H,7-8,11-13H2,1-3H3. The van der Waals surface area contributed by atoms with Crippen LogP contribution in [0.25, 0.3) is 0 Å². The lowest BCUT2D eigenvalue weighted by Crippen LogP contribution is -2.45. The first kappa shape index (κ1) is 14.8. The summed E-state index contributed by atoms with van der Waals surface area (Å²) >= 11 is 0. The molecule has 2 nitrogen and oxygen atoms in total. The summed E-state index contributed by atoms with van der Waals surface area (Å²) in [5.74, 6) is 0.508. The second kappa shape index (κ2) is 6.68. The lowest BCUT2D eigenvalue weighted by atomic mass is 10.0. The Balaban J connectivity index is 2.11. The van der Waals surface area contributed by atoms with Gasteiger partial charge in [-0.1, -0.05) is 50.1 Å². The van der Waals surface area contributed by atoms with Gasteiger partial charge in [0.15, 0.2) is 0 Å². The van der Waals surface area contributed by atoms with Gasteiger partial charge in [-0.2, -0.15) is 0 Å². The Labute approximate surface area is 118 Å². The van der Waals surface area contributed by atoms with E-state index in [9.17, 15) is 0 Å². The third-order valence-electron chi connectivity index (χ3n) is 4.63. The highest BCUT2D eigenvalue weighted by Crippen LogP contribution is 2.43. The zero-order valence-electron chi connectivity index (χ0n) is 12.4. The third-order valence-corrected chi connectivity index (χ3v) is 9.01. The van der Waals surface area contributed by atoms with Gasteiger partial charge in [-0.05, 0) is 30.4 Å². The topological polar surface area (TPSA) is 18.5 Å². The Morgan fingerprint density at radius 2 is 1.68 bits per heavy atom. The molecule has 1 aromatic rings. The van der Waals surface area contributed by atoms with Crippen LogP contribution in [0.4, 0.5) is 0 Å². The molecule has 1 aliphatic carbocycles. The van der Waals surface area contributed by atoms with Crippen LogP contribution in [0.3, 0.4) is 0 Å². The summed E-state index contributed by atoms with van der Waals surface area (Å²) < 4.78 is 12.0. The molecule has 1 atom stereocenters. The first-order valence-electron chi connectivity index (χ1n) is 7.37. The summed E-state index contributed by atoms with van der Waals surface area (Å²) in [6.45, 7) is 2.30. The van der Waals surface area contributed by atoms with Crippen molar-refractivity contribution in [3.63, 3.8) is 0 Å². The molecule has 0 bridgehead atoms. The molecular weight excluding hydrogens is 252 g/mol. The molecule has 0 N–H and O–H groups in total. The lowest BCUT2D eigenvalue weighted by molar-refractivity contribution is 0.225. The van der Waals surface area contributed by atoms with Crippen molar-refractivity contribution in [3.8, 4) is 0 Å². The van der Waals surface area contributed by atoms with E-state index in [4.69, 9.17) is 8.85 Å². The van der Waals surface area contributed by atoms with Crippen LogP contribution in [-0.2, 0) is 8.85 Å². The summed E-state index contributed by atoms with van der Waals surface area (Å²) in [5, 5.41) is 0. The van der Waals surface area contributed by atoms with Crippen molar-refractivity contribution in [1.82, 2.24) is 0 Å². The smallest absolute Gasteiger partial charge is 0.341 e. The van der Waals surface area contributed by atoms with E-state index in [2.05, 4.69) is 37.3 Å². The Morgan fingerprint density at radius 1 is 1.11 bits per heavy atom. The summed E-state index contributed by atoms with van der Waals surface area (Å²) in [6.07, 6.45) is 5.25. The number of hydrogen-bond donors (Lipinski definition) is 0. The molecule has 0 amide bonds. The van der Waals surface area contributed by atoms with Crippen LogP contribution in [0.15, 0.2) is 30.3 Å². The van der Waals surface area contributed by atoms with Gasteiger partial charge in [0, 0.05) is 19.8 Å². The van der Waals surface area contributed by atoms with Crippen LogP contribution in [0.1, 0.15) is 44.1 Å². The predicted octanol–water partition coefficient (Wildman–Crippen LogP) is 4.47. The molecule has 0 spiro atoms. The van der Waals surface area contributed by atoms with Crippen LogP contribution < -0.4 is 0 Å². The van der Waals surface area contributed by atoms with Crippen LogP contribution >= 0.6 is 0 Å². The minimum Gasteiger partial charge on any atom is -0.397 e. The normalized spacial score (nSPS) is 18.7. The highest BCUT2D eigenvalue weighted by Gasteiger charge is 2.46. The molecule has 0 saturated heterocycles. The van der Waals surface area contributed by atoms with Crippen molar-refractivity contribution in [1.29, 1.82) is 0 Å².